The molecule has 3 heterocycles. The molecule has 3 aliphatic rings. The van der Waals surface area contributed by atoms with E-state index in [-0.39, 0.29) is 38.8 Å². The second-order valence-electron chi connectivity index (χ2n) is 9.66. The lowest BCUT2D eigenvalue weighted by Gasteiger charge is -2.29. The van der Waals surface area contributed by atoms with Crippen molar-refractivity contribution in [3.8, 4) is 5.06 Å². The van der Waals surface area contributed by atoms with E-state index in [4.69, 9.17) is 44.4 Å². The Morgan fingerprint density at radius 2 is 1.80 bits per heavy atom. The number of fused-ring (bicyclic) bond motifs is 1. The molecule has 2 amide bonds. The van der Waals surface area contributed by atoms with E-state index in [1.165, 1.54) is 0 Å². The minimum absolute atomic E-state index is 0.0308. The van der Waals surface area contributed by atoms with E-state index in [1.807, 2.05) is 0 Å². The molecule has 0 radical (unpaired) electrons. The Bertz CT molecular complexity index is 1420. The molecule has 2 atom stereocenters. The van der Waals surface area contributed by atoms with Crippen LogP contribution < -0.4 is 10.1 Å². The van der Waals surface area contributed by atoms with E-state index >= 15 is 0 Å². The summed E-state index contributed by atoms with van der Waals surface area (Å²) in [6.07, 6.45) is -9.77. The molecule has 2 unspecified atom stereocenters. The van der Waals surface area contributed by atoms with E-state index < -0.39 is 54.5 Å². The van der Waals surface area contributed by atoms with Crippen LogP contribution in [0.4, 0.5) is 31.1 Å². The van der Waals surface area contributed by atoms with E-state index in [1.54, 1.807) is 0 Å². The van der Waals surface area contributed by atoms with Gasteiger partial charge < -0.3 is 19.8 Å². The van der Waals surface area contributed by atoms with Crippen LogP contribution in [0.3, 0.4) is 0 Å². The van der Waals surface area contributed by atoms with Crippen LogP contribution in [0, 0.1) is 0 Å². The van der Waals surface area contributed by atoms with Gasteiger partial charge in [0.15, 0.2) is 5.06 Å². The molecular weight excluding hydrogens is 647 g/mol. The fraction of sp³-hybridized carbons (Fsp3) is 0.458. The van der Waals surface area contributed by atoms with Gasteiger partial charge in [-0.3, -0.25) is 4.79 Å². The molecule has 1 aromatic carbocycles. The third-order valence-electron chi connectivity index (χ3n) is 6.98. The number of alkyl halides is 6. The number of carbonyl (C=O) groups is 2. The van der Waals surface area contributed by atoms with Crippen molar-refractivity contribution in [3.05, 3.63) is 48.8 Å². The first-order valence-corrected chi connectivity index (χ1v) is 14.0. The minimum Gasteiger partial charge on any atom is -0.399 e. The van der Waals surface area contributed by atoms with Crippen molar-refractivity contribution in [1.29, 1.82) is 0 Å². The molecule has 2 aromatic rings. The van der Waals surface area contributed by atoms with Crippen LogP contribution >= 0.6 is 46.1 Å². The Morgan fingerprint density at radius 3 is 2.44 bits per heavy atom. The second-order valence-corrected chi connectivity index (χ2v) is 11.8. The molecular formula is C24H18Cl3F6N3O4S. The molecule has 0 saturated carbocycles. The number of oxime groups is 1. The molecule has 7 nitrogen and oxygen atoms in total. The summed E-state index contributed by atoms with van der Waals surface area (Å²) in [5, 5.41) is 5.63. The average Bonchev–Trinajstić information content (AvgIpc) is 3.64. The van der Waals surface area contributed by atoms with Gasteiger partial charge >= 0.3 is 18.4 Å². The van der Waals surface area contributed by atoms with Gasteiger partial charge in [0.1, 0.15) is 18.3 Å². The molecule has 1 aromatic heterocycles. The van der Waals surface area contributed by atoms with Gasteiger partial charge in [0.05, 0.1) is 26.4 Å². The summed E-state index contributed by atoms with van der Waals surface area (Å²) in [5.74, 6) is -0.889. The fourth-order valence-electron chi connectivity index (χ4n) is 5.07. The minimum atomic E-state index is -4.94. The van der Waals surface area contributed by atoms with E-state index in [2.05, 4.69) is 10.5 Å². The summed E-state index contributed by atoms with van der Waals surface area (Å²) >= 11 is 18.8. The predicted molar refractivity (Wildman–Crippen MR) is 138 cm³/mol. The zero-order valence-corrected chi connectivity index (χ0v) is 23.6. The van der Waals surface area contributed by atoms with Gasteiger partial charge in [-0.25, -0.2) is 4.79 Å². The molecule has 1 N–H and O–H groups in total. The maximum atomic E-state index is 14.5. The average molecular weight is 665 g/mol. The number of halogens is 9. The Hall–Kier alpha value is -2.42. The second kappa shape index (κ2) is 10.7. The Morgan fingerprint density at radius 1 is 1.15 bits per heavy atom. The number of likely N-dealkylation sites (tertiary alicyclic amines) is 1. The Kier molecular flexibility index (Phi) is 7.84. The van der Waals surface area contributed by atoms with Gasteiger partial charge in [0, 0.05) is 17.7 Å². The van der Waals surface area contributed by atoms with Crippen LogP contribution in [0.5, 0.6) is 5.06 Å². The smallest absolute Gasteiger partial charge is 0.399 e. The molecule has 0 spiro atoms. The molecule has 1 fully saturated rings. The van der Waals surface area contributed by atoms with Crippen molar-refractivity contribution in [2.45, 2.75) is 56.1 Å². The van der Waals surface area contributed by atoms with Crippen LogP contribution in [-0.4, -0.2) is 54.1 Å². The summed E-state index contributed by atoms with van der Waals surface area (Å²) in [6, 6.07) is 0.828. The molecule has 1 aliphatic carbocycles. The topological polar surface area (TPSA) is 80.2 Å². The number of amides is 2. The fourth-order valence-corrected chi connectivity index (χ4v) is 6.89. The lowest BCUT2D eigenvalue weighted by molar-refractivity contribution is -0.275. The summed E-state index contributed by atoms with van der Waals surface area (Å²) in [7, 11) is 0. The monoisotopic (exact) mass is 663 g/mol. The van der Waals surface area contributed by atoms with Crippen molar-refractivity contribution in [1.82, 2.24) is 10.2 Å². The molecule has 41 heavy (non-hydrogen) atoms. The highest BCUT2D eigenvalue weighted by atomic mass is 35.5. The molecule has 1 saturated heterocycles. The third-order valence-corrected chi connectivity index (χ3v) is 9.37. The SMILES string of the molecule is O=C(NC1CCN(CC(F)(F)F)C1=O)Oc1sc(C2=NOC(c3cc(Cl)c(Cl)c(Cl)c3)(C(F)(F)F)C2)c2c1CCC2. The number of rotatable bonds is 5. The normalized spacial score (nSPS) is 22.6. The van der Waals surface area contributed by atoms with Gasteiger partial charge in [0.25, 0.3) is 5.60 Å². The lowest BCUT2D eigenvalue weighted by Crippen LogP contribution is -2.44. The molecule has 17 heteroatoms. The van der Waals surface area contributed by atoms with Crippen LogP contribution in [0.15, 0.2) is 17.3 Å². The number of hydrogen-bond acceptors (Lipinski definition) is 6. The van der Waals surface area contributed by atoms with Crippen LogP contribution in [0.2, 0.25) is 15.1 Å². The quantitative estimate of drug-likeness (QED) is 0.275. The number of nitrogens with one attached hydrogen (secondary N) is 1. The maximum Gasteiger partial charge on any atom is 0.435 e. The van der Waals surface area contributed by atoms with Crippen molar-refractivity contribution in [2.75, 3.05) is 13.1 Å². The maximum absolute atomic E-state index is 14.5. The number of nitrogens with zero attached hydrogens (tertiary/aromatic N) is 2. The number of thiophene rings is 1. The molecule has 2 aliphatic heterocycles. The summed E-state index contributed by atoms with van der Waals surface area (Å²) in [5.41, 5.74) is -2.08. The molecule has 0 bridgehead atoms. The lowest BCUT2D eigenvalue weighted by atomic mass is 9.87. The van der Waals surface area contributed by atoms with Gasteiger partial charge in [0.2, 0.25) is 5.91 Å². The zero-order chi connectivity index (χ0) is 29.9. The highest BCUT2D eigenvalue weighted by Gasteiger charge is 2.63. The molecule has 222 valence electrons. The van der Waals surface area contributed by atoms with E-state index in [0.29, 0.717) is 40.2 Å². The van der Waals surface area contributed by atoms with Crippen molar-refractivity contribution < 1.29 is 45.5 Å². The van der Waals surface area contributed by atoms with Crippen molar-refractivity contribution in [3.63, 3.8) is 0 Å². The summed E-state index contributed by atoms with van der Waals surface area (Å²) in [6.45, 7) is -1.62. The van der Waals surface area contributed by atoms with Crippen LogP contribution in [-0.2, 0) is 28.1 Å². The number of ether oxygens (including phenoxy) is 1. The predicted octanol–water partition coefficient (Wildman–Crippen LogP) is 7.03. The number of benzene rings is 1. The number of hydrogen-bond donors (Lipinski definition) is 1. The van der Waals surface area contributed by atoms with Crippen LogP contribution in [0.25, 0.3) is 0 Å². The van der Waals surface area contributed by atoms with Gasteiger partial charge in [-0.15, -0.1) is 0 Å². The summed E-state index contributed by atoms with van der Waals surface area (Å²) < 4.78 is 86.8. The Balaban J connectivity index is 1.35. The molecule has 5 rings (SSSR count). The largest absolute Gasteiger partial charge is 0.435 e. The van der Waals surface area contributed by atoms with Gasteiger partial charge in [-0.2, -0.15) is 26.3 Å². The van der Waals surface area contributed by atoms with E-state index in [0.717, 1.165) is 23.5 Å². The Labute approximate surface area is 247 Å². The first-order chi connectivity index (χ1) is 19.1. The van der Waals surface area contributed by atoms with Gasteiger partial charge in [-0.1, -0.05) is 51.3 Å². The first kappa shape index (κ1) is 30.1. The first-order valence-electron chi connectivity index (χ1n) is 12.1. The number of carbonyl (C=O) groups excluding carboxylic acids is 2. The summed E-state index contributed by atoms with van der Waals surface area (Å²) in [4.78, 5) is 30.9. The standard InChI is InChI=1S/C24H18Cl3F6N3O4S/c25-13-6-10(7-14(26)17(13)27)22(24(31,32)33)8-16(35-40-22)18-11-2-1-3-12(11)20(41-18)39-21(38)34-15-4-5-36(19(15)37)9-23(28,29)30/h6-7,15H,1-5,8-9H2,(H,34,38). The van der Waals surface area contributed by atoms with Crippen molar-refractivity contribution in [2.24, 2.45) is 5.16 Å². The zero-order valence-electron chi connectivity index (χ0n) is 20.5. The highest BCUT2D eigenvalue weighted by molar-refractivity contribution is 7.16. The van der Waals surface area contributed by atoms with Crippen molar-refractivity contribution >= 4 is 63.9 Å². The van der Waals surface area contributed by atoms with Crippen LogP contribution in [0.1, 0.15) is 40.8 Å². The third kappa shape index (κ3) is 5.67. The highest BCUT2D eigenvalue weighted by Crippen LogP contribution is 2.52. The van der Waals surface area contributed by atoms with Gasteiger partial charge in [-0.05, 0) is 43.4 Å². The van der Waals surface area contributed by atoms with E-state index in [9.17, 15) is 35.9 Å².